The summed E-state index contributed by atoms with van der Waals surface area (Å²) in [6.45, 7) is 0.347. The SMILES string of the molecule is OC(c1cccc2ccsc12)C1COc2ccccc2O1. The van der Waals surface area contributed by atoms with Crippen molar-refractivity contribution in [2.24, 2.45) is 0 Å². The van der Waals surface area contributed by atoms with Gasteiger partial charge in [-0.1, -0.05) is 30.3 Å². The van der Waals surface area contributed by atoms with Gasteiger partial charge in [0.05, 0.1) is 0 Å². The van der Waals surface area contributed by atoms with Crippen LogP contribution in [-0.2, 0) is 0 Å². The molecule has 0 saturated heterocycles. The molecule has 106 valence electrons. The Morgan fingerprint density at radius 3 is 2.81 bits per heavy atom. The van der Waals surface area contributed by atoms with E-state index in [4.69, 9.17) is 9.47 Å². The predicted molar refractivity (Wildman–Crippen MR) is 83.1 cm³/mol. The van der Waals surface area contributed by atoms with E-state index in [1.54, 1.807) is 11.3 Å². The number of fused-ring (bicyclic) bond motifs is 2. The minimum absolute atomic E-state index is 0.347. The van der Waals surface area contributed by atoms with Crippen LogP contribution in [0.2, 0.25) is 0 Å². The number of hydrogen-bond donors (Lipinski definition) is 1. The average molecular weight is 298 g/mol. The van der Waals surface area contributed by atoms with Gasteiger partial charge in [0.15, 0.2) is 17.6 Å². The minimum Gasteiger partial charge on any atom is -0.486 e. The Hall–Kier alpha value is -2.04. The highest BCUT2D eigenvalue weighted by atomic mass is 32.1. The molecule has 3 nitrogen and oxygen atoms in total. The normalized spacial score (nSPS) is 18.6. The molecule has 0 amide bonds. The number of aliphatic hydroxyl groups excluding tert-OH is 1. The van der Waals surface area contributed by atoms with Crippen LogP contribution < -0.4 is 9.47 Å². The van der Waals surface area contributed by atoms with Gasteiger partial charge in [-0.05, 0) is 29.0 Å². The van der Waals surface area contributed by atoms with Crippen LogP contribution >= 0.6 is 11.3 Å². The zero-order valence-corrected chi connectivity index (χ0v) is 12.0. The Morgan fingerprint density at radius 2 is 1.90 bits per heavy atom. The molecule has 0 spiro atoms. The number of thiophene rings is 1. The summed E-state index contributed by atoms with van der Waals surface area (Å²) in [5, 5.41) is 13.9. The summed E-state index contributed by atoms with van der Waals surface area (Å²) in [7, 11) is 0. The largest absolute Gasteiger partial charge is 0.486 e. The lowest BCUT2D eigenvalue weighted by Gasteiger charge is -2.30. The van der Waals surface area contributed by atoms with Gasteiger partial charge >= 0.3 is 0 Å². The molecule has 2 unspecified atom stereocenters. The Labute approximate surface area is 126 Å². The summed E-state index contributed by atoms with van der Waals surface area (Å²) in [5.74, 6) is 1.42. The second-order valence-corrected chi connectivity index (χ2v) is 5.96. The number of ether oxygens (including phenoxy) is 2. The Balaban J connectivity index is 1.67. The van der Waals surface area contributed by atoms with Gasteiger partial charge in [-0.3, -0.25) is 0 Å². The number of hydrogen-bond acceptors (Lipinski definition) is 4. The molecule has 21 heavy (non-hydrogen) atoms. The van der Waals surface area contributed by atoms with Crippen molar-refractivity contribution in [1.82, 2.24) is 0 Å². The van der Waals surface area contributed by atoms with Gasteiger partial charge in [-0.25, -0.2) is 0 Å². The Morgan fingerprint density at radius 1 is 1.05 bits per heavy atom. The summed E-state index contributed by atoms with van der Waals surface area (Å²) in [5.41, 5.74) is 0.899. The van der Waals surface area contributed by atoms with Crippen molar-refractivity contribution >= 4 is 21.4 Å². The molecule has 1 N–H and O–H groups in total. The molecular formula is C17H14O3S. The lowest BCUT2D eigenvalue weighted by molar-refractivity contribution is -0.0105. The van der Waals surface area contributed by atoms with Crippen molar-refractivity contribution in [3.63, 3.8) is 0 Å². The van der Waals surface area contributed by atoms with Gasteiger partial charge < -0.3 is 14.6 Å². The summed E-state index contributed by atoms with van der Waals surface area (Å²) in [6.07, 6.45) is -1.10. The van der Waals surface area contributed by atoms with Gasteiger partial charge in [-0.2, -0.15) is 0 Å². The molecule has 3 aromatic rings. The second kappa shape index (κ2) is 5.06. The van der Waals surface area contributed by atoms with Crippen molar-refractivity contribution in [3.05, 3.63) is 59.5 Å². The predicted octanol–water partition coefficient (Wildman–Crippen LogP) is 3.77. The Kier molecular flexibility index (Phi) is 3.05. The van der Waals surface area contributed by atoms with E-state index >= 15 is 0 Å². The molecule has 1 aliphatic heterocycles. The average Bonchev–Trinajstić information content (AvgIpc) is 3.02. The highest BCUT2D eigenvalue weighted by molar-refractivity contribution is 7.17. The highest BCUT2D eigenvalue weighted by Crippen LogP contribution is 2.36. The first-order valence-corrected chi connectivity index (χ1v) is 7.73. The van der Waals surface area contributed by atoms with Crippen LogP contribution in [0.3, 0.4) is 0 Å². The van der Waals surface area contributed by atoms with E-state index in [1.807, 2.05) is 41.8 Å². The van der Waals surface area contributed by atoms with E-state index in [1.165, 1.54) is 0 Å². The summed E-state index contributed by atoms with van der Waals surface area (Å²) in [4.78, 5) is 0. The van der Waals surface area contributed by atoms with Crippen LogP contribution in [0, 0.1) is 0 Å². The molecule has 0 radical (unpaired) electrons. The third-order valence-electron chi connectivity index (χ3n) is 3.71. The van der Waals surface area contributed by atoms with Crippen molar-refractivity contribution in [2.75, 3.05) is 6.61 Å². The minimum atomic E-state index is -0.708. The van der Waals surface area contributed by atoms with Crippen LogP contribution in [0.15, 0.2) is 53.9 Å². The molecule has 4 heteroatoms. The number of aliphatic hydroxyl groups is 1. The van der Waals surface area contributed by atoms with Crippen LogP contribution in [0.5, 0.6) is 11.5 Å². The standard InChI is InChI=1S/C17H14O3S/c18-16(12-5-3-4-11-8-9-21-17(11)12)15-10-19-13-6-1-2-7-14(13)20-15/h1-9,15-16,18H,10H2. The van der Waals surface area contributed by atoms with Crippen molar-refractivity contribution in [3.8, 4) is 11.5 Å². The molecule has 2 atom stereocenters. The number of para-hydroxylation sites is 2. The summed E-state index contributed by atoms with van der Waals surface area (Å²) >= 11 is 1.64. The van der Waals surface area contributed by atoms with E-state index < -0.39 is 12.2 Å². The van der Waals surface area contributed by atoms with Gasteiger partial charge in [0, 0.05) is 10.3 Å². The second-order valence-electron chi connectivity index (χ2n) is 5.05. The van der Waals surface area contributed by atoms with Crippen LogP contribution in [-0.4, -0.2) is 17.8 Å². The Bertz CT molecular complexity index is 780. The van der Waals surface area contributed by atoms with E-state index in [2.05, 4.69) is 12.1 Å². The summed E-state index contributed by atoms with van der Waals surface area (Å²) < 4.78 is 12.7. The number of rotatable bonds is 2. The molecular weight excluding hydrogens is 284 g/mol. The first-order valence-electron chi connectivity index (χ1n) is 6.85. The van der Waals surface area contributed by atoms with Gasteiger partial charge in [0.25, 0.3) is 0 Å². The monoisotopic (exact) mass is 298 g/mol. The topological polar surface area (TPSA) is 38.7 Å². The lowest BCUT2D eigenvalue weighted by atomic mass is 10.0. The molecule has 0 bridgehead atoms. The summed E-state index contributed by atoms with van der Waals surface area (Å²) in [6, 6.07) is 15.6. The maximum atomic E-state index is 10.7. The first-order chi connectivity index (χ1) is 10.3. The molecule has 4 rings (SSSR count). The highest BCUT2D eigenvalue weighted by Gasteiger charge is 2.29. The fourth-order valence-corrected chi connectivity index (χ4v) is 3.59. The smallest absolute Gasteiger partial charge is 0.163 e. The first kappa shape index (κ1) is 12.7. The third-order valence-corrected chi connectivity index (χ3v) is 4.69. The van der Waals surface area contributed by atoms with E-state index in [-0.39, 0.29) is 0 Å². The third kappa shape index (κ3) is 2.17. The molecule has 0 aliphatic carbocycles. The van der Waals surface area contributed by atoms with E-state index in [9.17, 15) is 5.11 Å². The molecule has 0 saturated carbocycles. The van der Waals surface area contributed by atoms with Gasteiger partial charge in [-0.15, -0.1) is 11.3 Å². The zero-order chi connectivity index (χ0) is 14.2. The van der Waals surface area contributed by atoms with E-state index in [0.29, 0.717) is 12.4 Å². The quantitative estimate of drug-likeness (QED) is 0.782. The zero-order valence-electron chi connectivity index (χ0n) is 11.2. The molecule has 1 aromatic heterocycles. The molecule has 1 aliphatic rings. The van der Waals surface area contributed by atoms with Crippen LogP contribution in [0.4, 0.5) is 0 Å². The van der Waals surface area contributed by atoms with Gasteiger partial charge in [0.1, 0.15) is 12.7 Å². The molecule has 0 fully saturated rings. The molecule has 2 heterocycles. The fourth-order valence-electron chi connectivity index (χ4n) is 2.64. The van der Waals surface area contributed by atoms with E-state index in [0.717, 1.165) is 21.4 Å². The fraction of sp³-hybridized carbons (Fsp3) is 0.176. The van der Waals surface area contributed by atoms with Gasteiger partial charge in [0.2, 0.25) is 0 Å². The van der Waals surface area contributed by atoms with Crippen molar-refractivity contribution in [2.45, 2.75) is 12.2 Å². The lowest BCUT2D eigenvalue weighted by Crippen LogP contribution is -2.34. The molecule has 2 aromatic carbocycles. The number of benzene rings is 2. The van der Waals surface area contributed by atoms with Crippen molar-refractivity contribution < 1.29 is 14.6 Å². The van der Waals surface area contributed by atoms with Crippen LogP contribution in [0.25, 0.3) is 10.1 Å². The maximum Gasteiger partial charge on any atom is 0.163 e. The maximum absolute atomic E-state index is 10.7. The van der Waals surface area contributed by atoms with Crippen LogP contribution in [0.1, 0.15) is 11.7 Å². The van der Waals surface area contributed by atoms with Crippen molar-refractivity contribution in [1.29, 1.82) is 0 Å².